The molecule has 0 bridgehead atoms. The van der Waals surface area contributed by atoms with Gasteiger partial charge in [-0.2, -0.15) is 4.98 Å². The van der Waals surface area contributed by atoms with Crippen molar-refractivity contribution in [2.45, 2.75) is 32.7 Å². The van der Waals surface area contributed by atoms with Crippen LogP contribution in [0.3, 0.4) is 0 Å². The average Bonchev–Trinajstić information content (AvgIpc) is 2.69. The first-order chi connectivity index (χ1) is 14.6. The third-order valence-electron chi connectivity index (χ3n) is 4.27. The summed E-state index contributed by atoms with van der Waals surface area (Å²) < 4.78 is 68.9. The van der Waals surface area contributed by atoms with E-state index in [2.05, 4.69) is 25.3 Å². The quantitative estimate of drug-likeness (QED) is 0.426. The molecule has 0 aliphatic rings. The van der Waals surface area contributed by atoms with Crippen LogP contribution in [0.25, 0.3) is 11.3 Å². The van der Waals surface area contributed by atoms with Crippen LogP contribution in [0.1, 0.15) is 20.3 Å². The van der Waals surface area contributed by atoms with Gasteiger partial charge in [-0.05, 0) is 37.6 Å². The molecule has 0 amide bonds. The number of rotatable bonds is 7. The highest BCUT2D eigenvalue weighted by atomic mass is 19.4. The van der Waals surface area contributed by atoms with Crippen molar-refractivity contribution in [3.05, 3.63) is 60.2 Å². The Morgan fingerprint density at radius 2 is 1.81 bits per heavy atom. The summed E-state index contributed by atoms with van der Waals surface area (Å²) in [6.45, 7) is 3.85. The number of halogens is 5. The van der Waals surface area contributed by atoms with Crippen LogP contribution in [0.4, 0.5) is 39.4 Å². The largest absolute Gasteiger partial charge is 0.573 e. The number of ether oxygens (including phenoxy) is 1. The van der Waals surface area contributed by atoms with Gasteiger partial charge in [0.05, 0.1) is 11.4 Å². The fourth-order valence-corrected chi connectivity index (χ4v) is 2.63. The van der Waals surface area contributed by atoms with E-state index in [0.717, 1.165) is 18.6 Å². The number of benzene rings is 2. The van der Waals surface area contributed by atoms with Gasteiger partial charge >= 0.3 is 6.36 Å². The van der Waals surface area contributed by atoms with E-state index in [-0.39, 0.29) is 29.2 Å². The van der Waals surface area contributed by atoms with Crippen LogP contribution in [-0.4, -0.2) is 22.4 Å². The molecule has 31 heavy (non-hydrogen) atoms. The van der Waals surface area contributed by atoms with E-state index >= 15 is 0 Å². The third kappa shape index (κ3) is 6.27. The maximum absolute atomic E-state index is 14.1. The molecule has 0 saturated heterocycles. The summed E-state index contributed by atoms with van der Waals surface area (Å²) in [5.74, 6) is -1.59. The highest BCUT2D eigenvalue weighted by Crippen LogP contribution is 2.30. The summed E-state index contributed by atoms with van der Waals surface area (Å²) in [5.41, 5.74) is 0.590. The lowest BCUT2D eigenvalue weighted by Crippen LogP contribution is -2.17. The fourth-order valence-electron chi connectivity index (χ4n) is 2.63. The zero-order valence-electron chi connectivity index (χ0n) is 16.6. The van der Waals surface area contributed by atoms with Gasteiger partial charge in [-0.25, -0.2) is 13.8 Å². The van der Waals surface area contributed by atoms with Gasteiger partial charge in [0.2, 0.25) is 5.95 Å². The second-order valence-corrected chi connectivity index (χ2v) is 6.74. The van der Waals surface area contributed by atoms with Gasteiger partial charge in [0.15, 0.2) is 0 Å². The molecule has 1 atom stereocenters. The third-order valence-corrected chi connectivity index (χ3v) is 4.27. The van der Waals surface area contributed by atoms with Crippen molar-refractivity contribution in [3.8, 4) is 17.0 Å². The molecule has 10 heteroatoms. The lowest BCUT2D eigenvalue weighted by atomic mass is 10.1. The number of anilines is 3. The van der Waals surface area contributed by atoms with Crippen LogP contribution in [0.5, 0.6) is 5.75 Å². The van der Waals surface area contributed by atoms with E-state index in [4.69, 9.17) is 0 Å². The average molecular weight is 438 g/mol. The molecule has 2 aromatic carbocycles. The van der Waals surface area contributed by atoms with Gasteiger partial charge in [-0.1, -0.05) is 19.1 Å². The normalized spacial score (nSPS) is 12.4. The molecule has 0 saturated carbocycles. The molecule has 0 fully saturated rings. The molecular weight excluding hydrogens is 419 g/mol. The minimum Gasteiger partial charge on any atom is -0.406 e. The molecule has 1 aromatic heterocycles. The molecular formula is C21H19F5N4O. The molecule has 0 aliphatic carbocycles. The van der Waals surface area contributed by atoms with Gasteiger partial charge in [-0.3, -0.25) is 0 Å². The molecule has 0 radical (unpaired) electrons. The Morgan fingerprint density at radius 3 is 2.48 bits per heavy atom. The first kappa shape index (κ1) is 22.3. The number of alkyl halides is 3. The summed E-state index contributed by atoms with van der Waals surface area (Å²) in [6, 6.07) is 9.78. The molecule has 1 heterocycles. The van der Waals surface area contributed by atoms with Crippen molar-refractivity contribution in [1.29, 1.82) is 0 Å². The van der Waals surface area contributed by atoms with Crippen LogP contribution < -0.4 is 15.4 Å². The monoisotopic (exact) mass is 438 g/mol. The van der Waals surface area contributed by atoms with Crippen LogP contribution in [-0.2, 0) is 0 Å². The number of hydrogen-bond donors (Lipinski definition) is 2. The Balaban J connectivity index is 2.00. The Kier molecular flexibility index (Phi) is 6.57. The number of nitrogens with one attached hydrogen (secondary N) is 2. The van der Waals surface area contributed by atoms with E-state index in [1.54, 1.807) is 6.07 Å². The van der Waals surface area contributed by atoms with Crippen LogP contribution in [0.15, 0.2) is 48.5 Å². The second-order valence-electron chi connectivity index (χ2n) is 6.74. The zero-order valence-corrected chi connectivity index (χ0v) is 16.6. The predicted octanol–water partition coefficient (Wildman–Crippen LogP) is 6.27. The Labute approximate surface area is 175 Å². The van der Waals surface area contributed by atoms with E-state index in [0.29, 0.717) is 5.56 Å². The standard InChI is InChI=1S/C21H19F5N4O/c1-3-12(2)27-20-29-18(13-5-4-6-15(9-13)31-21(24,25)26)11-19(30-20)28-17-8-7-14(22)10-16(17)23/h4-12H,3H2,1-2H3,(H2,27,28,29,30)/t12-/m0/s1. The topological polar surface area (TPSA) is 59.1 Å². The lowest BCUT2D eigenvalue weighted by Gasteiger charge is -2.15. The first-order valence-corrected chi connectivity index (χ1v) is 9.37. The number of hydrogen-bond acceptors (Lipinski definition) is 5. The minimum absolute atomic E-state index is 0.00514. The molecule has 0 aliphatic heterocycles. The summed E-state index contributed by atoms with van der Waals surface area (Å²) in [5, 5.41) is 5.83. The van der Waals surface area contributed by atoms with Crippen LogP contribution >= 0.6 is 0 Å². The van der Waals surface area contributed by atoms with E-state index in [1.807, 2.05) is 13.8 Å². The number of aromatic nitrogens is 2. The molecule has 0 unspecified atom stereocenters. The van der Waals surface area contributed by atoms with Gasteiger partial charge in [0.1, 0.15) is 23.2 Å². The molecule has 5 nitrogen and oxygen atoms in total. The molecule has 3 rings (SSSR count). The van der Waals surface area contributed by atoms with Crippen LogP contribution in [0.2, 0.25) is 0 Å². The molecule has 0 spiro atoms. The molecule has 164 valence electrons. The highest BCUT2D eigenvalue weighted by molar-refractivity contribution is 5.68. The van der Waals surface area contributed by atoms with Gasteiger partial charge in [-0.15, -0.1) is 13.2 Å². The summed E-state index contributed by atoms with van der Waals surface area (Å²) in [4.78, 5) is 8.64. The highest BCUT2D eigenvalue weighted by Gasteiger charge is 2.31. The van der Waals surface area contributed by atoms with E-state index < -0.39 is 23.7 Å². The summed E-state index contributed by atoms with van der Waals surface area (Å²) in [6.07, 6.45) is -4.07. The van der Waals surface area contributed by atoms with Crippen molar-refractivity contribution < 1.29 is 26.7 Å². The maximum Gasteiger partial charge on any atom is 0.573 e. The lowest BCUT2D eigenvalue weighted by molar-refractivity contribution is -0.274. The Hall–Kier alpha value is -3.43. The van der Waals surface area contributed by atoms with Crippen molar-refractivity contribution in [2.75, 3.05) is 10.6 Å². The summed E-state index contributed by atoms with van der Waals surface area (Å²) in [7, 11) is 0. The van der Waals surface area contributed by atoms with Crippen LogP contribution in [0, 0.1) is 11.6 Å². The predicted molar refractivity (Wildman–Crippen MR) is 107 cm³/mol. The van der Waals surface area contributed by atoms with Crippen molar-refractivity contribution in [3.63, 3.8) is 0 Å². The maximum atomic E-state index is 14.1. The molecule has 2 N–H and O–H groups in total. The van der Waals surface area contributed by atoms with Gasteiger partial charge in [0.25, 0.3) is 0 Å². The number of nitrogens with zero attached hydrogens (tertiary/aromatic N) is 2. The fraction of sp³-hybridized carbons (Fsp3) is 0.238. The zero-order chi connectivity index (χ0) is 22.6. The van der Waals surface area contributed by atoms with Gasteiger partial charge < -0.3 is 15.4 Å². The SMILES string of the molecule is CC[C@H](C)Nc1nc(Nc2ccc(F)cc2F)cc(-c2cccc(OC(F)(F)F)c2)n1. The Morgan fingerprint density at radius 1 is 1.03 bits per heavy atom. The van der Waals surface area contributed by atoms with Crippen molar-refractivity contribution >= 4 is 17.5 Å². The summed E-state index contributed by atoms with van der Waals surface area (Å²) >= 11 is 0. The minimum atomic E-state index is -4.83. The van der Waals surface area contributed by atoms with E-state index in [9.17, 15) is 22.0 Å². The van der Waals surface area contributed by atoms with Crippen molar-refractivity contribution in [1.82, 2.24) is 9.97 Å². The molecule has 3 aromatic rings. The smallest absolute Gasteiger partial charge is 0.406 e. The van der Waals surface area contributed by atoms with Gasteiger partial charge in [0, 0.05) is 23.7 Å². The van der Waals surface area contributed by atoms with E-state index in [1.165, 1.54) is 30.3 Å². The first-order valence-electron chi connectivity index (χ1n) is 9.37. The van der Waals surface area contributed by atoms with Crippen molar-refractivity contribution in [2.24, 2.45) is 0 Å². The Bertz CT molecular complexity index is 1060. The second kappa shape index (κ2) is 9.15.